The van der Waals surface area contributed by atoms with E-state index in [-0.39, 0.29) is 0 Å². The summed E-state index contributed by atoms with van der Waals surface area (Å²) in [6.07, 6.45) is 1.58. The maximum absolute atomic E-state index is 5.66. The molecule has 0 radical (unpaired) electrons. The highest BCUT2D eigenvalue weighted by atomic mass is 16.5. The summed E-state index contributed by atoms with van der Waals surface area (Å²) in [5.41, 5.74) is 2.14. The molecule has 4 nitrogen and oxygen atoms in total. The van der Waals surface area contributed by atoms with E-state index in [0.717, 1.165) is 22.5 Å². The Balaban J connectivity index is 1.64. The zero-order valence-corrected chi connectivity index (χ0v) is 11.9. The molecule has 0 saturated heterocycles. The average molecular weight is 279 g/mol. The molecule has 1 heterocycles. The fourth-order valence-electron chi connectivity index (χ4n) is 2.17. The monoisotopic (exact) mass is 279 g/mol. The number of para-hydroxylation sites is 1. The number of ether oxygens (including phenoxy) is 1. The third-order valence-corrected chi connectivity index (χ3v) is 3.20. The molecule has 1 aromatic heterocycles. The van der Waals surface area contributed by atoms with E-state index in [1.807, 2.05) is 36.4 Å². The molecule has 0 amide bonds. The van der Waals surface area contributed by atoms with Gasteiger partial charge in [0.15, 0.2) is 0 Å². The summed E-state index contributed by atoms with van der Waals surface area (Å²) in [6, 6.07) is 16.0. The highest BCUT2D eigenvalue weighted by Gasteiger charge is 2.03. The second-order valence-electron chi connectivity index (χ2n) is 4.83. The number of rotatable bonds is 5. The van der Waals surface area contributed by atoms with Gasteiger partial charge in [-0.05, 0) is 31.2 Å². The lowest BCUT2D eigenvalue weighted by atomic mass is 10.1. The smallest absolute Gasteiger partial charge is 0.137 e. The van der Waals surface area contributed by atoms with E-state index in [2.05, 4.69) is 34.3 Å². The molecule has 4 heteroatoms. The van der Waals surface area contributed by atoms with E-state index in [1.165, 1.54) is 5.56 Å². The Labute approximate surface area is 123 Å². The number of aryl methyl sites for hydroxylation is 1. The molecular weight excluding hydrogens is 262 g/mol. The predicted molar refractivity (Wildman–Crippen MR) is 84.7 cm³/mol. The summed E-state index contributed by atoms with van der Waals surface area (Å²) in [6.45, 7) is 3.34. The van der Waals surface area contributed by atoms with Crippen molar-refractivity contribution in [2.75, 3.05) is 18.5 Å². The van der Waals surface area contributed by atoms with Gasteiger partial charge >= 0.3 is 0 Å². The van der Waals surface area contributed by atoms with Crippen molar-refractivity contribution < 1.29 is 4.74 Å². The summed E-state index contributed by atoms with van der Waals surface area (Å²) >= 11 is 0. The highest BCUT2D eigenvalue weighted by Crippen LogP contribution is 2.20. The Morgan fingerprint density at radius 3 is 2.76 bits per heavy atom. The van der Waals surface area contributed by atoms with Gasteiger partial charge in [0.25, 0.3) is 0 Å². The number of hydrogen-bond donors (Lipinski definition) is 1. The molecule has 106 valence electrons. The molecule has 0 spiro atoms. The van der Waals surface area contributed by atoms with Crippen LogP contribution in [0.5, 0.6) is 5.75 Å². The van der Waals surface area contributed by atoms with E-state index in [1.54, 1.807) is 6.33 Å². The van der Waals surface area contributed by atoms with Crippen molar-refractivity contribution in [2.45, 2.75) is 6.92 Å². The van der Waals surface area contributed by atoms with Crippen molar-refractivity contribution in [1.29, 1.82) is 0 Å². The molecule has 3 rings (SSSR count). The first-order valence-corrected chi connectivity index (χ1v) is 6.96. The molecule has 0 saturated carbocycles. The lowest BCUT2D eigenvalue weighted by molar-refractivity contribution is 0.333. The number of fused-ring (bicyclic) bond motifs is 1. The molecule has 0 aliphatic carbocycles. The van der Waals surface area contributed by atoms with Gasteiger partial charge < -0.3 is 10.1 Å². The minimum absolute atomic E-state index is 0.585. The largest absolute Gasteiger partial charge is 0.492 e. The van der Waals surface area contributed by atoms with Gasteiger partial charge in [0.1, 0.15) is 24.5 Å². The number of aromatic nitrogens is 2. The number of nitrogens with zero attached hydrogens (tertiary/aromatic N) is 2. The number of anilines is 1. The highest BCUT2D eigenvalue weighted by molar-refractivity contribution is 5.89. The molecule has 0 bridgehead atoms. The van der Waals surface area contributed by atoms with Gasteiger partial charge in [-0.1, -0.05) is 29.8 Å². The SMILES string of the molecule is Cc1ccc2ncnc(NCCOc3ccccc3)c2c1. The number of nitrogens with one attached hydrogen (secondary N) is 1. The first kappa shape index (κ1) is 13.4. The van der Waals surface area contributed by atoms with E-state index in [0.29, 0.717) is 13.2 Å². The van der Waals surface area contributed by atoms with Crippen LogP contribution in [0.3, 0.4) is 0 Å². The van der Waals surface area contributed by atoms with Crippen LogP contribution in [0.2, 0.25) is 0 Å². The first-order valence-electron chi connectivity index (χ1n) is 6.96. The maximum Gasteiger partial charge on any atom is 0.137 e. The normalized spacial score (nSPS) is 10.5. The van der Waals surface area contributed by atoms with Crippen LogP contribution < -0.4 is 10.1 Å². The lowest BCUT2D eigenvalue weighted by Gasteiger charge is -2.10. The third kappa shape index (κ3) is 3.28. The second-order valence-corrected chi connectivity index (χ2v) is 4.83. The van der Waals surface area contributed by atoms with Crippen molar-refractivity contribution in [1.82, 2.24) is 9.97 Å². The number of hydrogen-bond acceptors (Lipinski definition) is 4. The van der Waals surface area contributed by atoms with Crippen LogP contribution in [0.25, 0.3) is 10.9 Å². The Hall–Kier alpha value is -2.62. The summed E-state index contributed by atoms with van der Waals surface area (Å²) < 4.78 is 5.66. The van der Waals surface area contributed by atoms with Crippen molar-refractivity contribution in [2.24, 2.45) is 0 Å². The zero-order chi connectivity index (χ0) is 14.5. The van der Waals surface area contributed by atoms with Gasteiger partial charge in [-0.15, -0.1) is 0 Å². The van der Waals surface area contributed by atoms with Crippen molar-refractivity contribution in [3.8, 4) is 5.75 Å². The second kappa shape index (κ2) is 6.22. The van der Waals surface area contributed by atoms with Crippen LogP contribution >= 0.6 is 0 Å². The lowest BCUT2D eigenvalue weighted by Crippen LogP contribution is -2.12. The van der Waals surface area contributed by atoms with Crippen LogP contribution in [0.4, 0.5) is 5.82 Å². The summed E-state index contributed by atoms with van der Waals surface area (Å²) in [7, 11) is 0. The summed E-state index contributed by atoms with van der Waals surface area (Å²) in [5.74, 6) is 1.73. The van der Waals surface area contributed by atoms with Gasteiger partial charge in [-0.2, -0.15) is 0 Å². The van der Waals surface area contributed by atoms with E-state index >= 15 is 0 Å². The molecule has 0 atom stereocenters. The van der Waals surface area contributed by atoms with E-state index < -0.39 is 0 Å². The topological polar surface area (TPSA) is 47.0 Å². The predicted octanol–water partition coefficient (Wildman–Crippen LogP) is 3.43. The van der Waals surface area contributed by atoms with Crippen LogP contribution in [0.15, 0.2) is 54.9 Å². The van der Waals surface area contributed by atoms with Gasteiger partial charge in [0.05, 0.1) is 12.1 Å². The molecule has 0 aliphatic heterocycles. The zero-order valence-electron chi connectivity index (χ0n) is 11.9. The quantitative estimate of drug-likeness (QED) is 0.727. The van der Waals surface area contributed by atoms with Gasteiger partial charge in [0, 0.05) is 5.39 Å². The van der Waals surface area contributed by atoms with Crippen LogP contribution in [0, 0.1) is 6.92 Å². The molecule has 0 aliphatic rings. The Morgan fingerprint density at radius 2 is 1.90 bits per heavy atom. The van der Waals surface area contributed by atoms with Crippen LogP contribution in [0.1, 0.15) is 5.56 Å². The van der Waals surface area contributed by atoms with Crippen LogP contribution in [-0.4, -0.2) is 23.1 Å². The summed E-state index contributed by atoms with van der Waals surface area (Å²) in [4.78, 5) is 8.59. The van der Waals surface area contributed by atoms with Crippen molar-refractivity contribution in [3.63, 3.8) is 0 Å². The Bertz CT molecular complexity index is 728. The minimum atomic E-state index is 0.585. The third-order valence-electron chi connectivity index (χ3n) is 3.20. The minimum Gasteiger partial charge on any atom is -0.492 e. The fraction of sp³-hybridized carbons (Fsp3) is 0.176. The van der Waals surface area contributed by atoms with Gasteiger partial charge in [-0.25, -0.2) is 9.97 Å². The molecular formula is C17H17N3O. The fourth-order valence-corrected chi connectivity index (χ4v) is 2.17. The molecule has 3 aromatic rings. The number of benzene rings is 2. The molecule has 0 unspecified atom stereocenters. The molecule has 21 heavy (non-hydrogen) atoms. The maximum atomic E-state index is 5.66. The van der Waals surface area contributed by atoms with Crippen LogP contribution in [-0.2, 0) is 0 Å². The average Bonchev–Trinajstić information content (AvgIpc) is 2.53. The standard InChI is InChI=1S/C17H17N3O/c1-13-7-8-16-15(11-13)17(20-12-19-16)18-9-10-21-14-5-3-2-4-6-14/h2-8,11-12H,9-10H2,1H3,(H,18,19,20). The van der Waals surface area contributed by atoms with Gasteiger partial charge in [-0.3, -0.25) is 0 Å². The van der Waals surface area contributed by atoms with Crippen molar-refractivity contribution in [3.05, 3.63) is 60.4 Å². The molecule has 0 fully saturated rings. The van der Waals surface area contributed by atoms with Crippen molar-refractivity contribution >= 4 is 16.7 Å². The van der Waals surface area contributed by atoms with E-state index in [4.69, 9.17) is 4.74 Å². The molecule has 2 aromatic carbocycles. The van der Waals surface area contributed by atoms with Gasteiger partial charge in [0.2, 0.25) is 0 Å². The molecule has 1 N–H and O–H groups in total. The summed E-state index contributed by atoms with van der Waals surface area (Å²) in [5, 5.41) is 4.35. The Morgan fingerprint density at radius 1 is 1.05 bits per heavy atom. The van der Waals surface area contributed by atoms with E-state index in [9.17, 15) is 0 Å². The Kier molecular flexibility index (Phi) is 3.96. The first-order chi connectivity index (χ1) is 10.3.